The number of rotatable bonds is 5. The van der Waals surface area contributed by atoms with Crippen LogP contribution in [0, 0.1) is 0 Å². The lowest BCUT2D eigenvalue weighted by Gasteiger charge is -2.36. The molecular weight excluding hydrogens is 176 g/mol. The summed E-state index contributed by atoms with van der Waals surface area (Å²) in [6.45, 7) is 8.40. The molecule has 0 saturated carbocycles. The minimum atomic E-state index is 0.403. The first-order valence-electron chi connectivity index (χ1n) is 5.79. The van der Waals surface area contributed by atoms with E-state index in [1.54, 1.807) is 0 Å². The van der Waals surface area contributed by atoms with Crippen LogP contribution in [0.25, 0.3) is 0 Å². The summed E-state index contributed by atoms with van der Waals surface area (Å²) in [6, 6.07) is 0.587. The maximum atomic E-state index is 5.59. The molecule has 1 saturated heterocycles. The summed E-state index contributed by atoms with van der Waals surface area (Å²) in [5, 5.41) is 0. The van der Waals surface area contributed by atoms with Crippen LogP contribution in [0.1, 0.15) is 33.1 Å². The highest BCUT2D eigenvalue weighted by Crippen LogP contribution is 2.12. The van der Waals surface area contributed by atoms with E-state index in [9.17, 15) is 0 Å². The Morgan fingerprint density at radius 3 is 2.79 bits per heavy atom. The predicted molar refractivity (Wildman–Crippen MR) is 59.4 cm³/mol. The quantitative estimate of drug-likeness (QED) is 0.678. The number of nitrogens with zero attached hydrogens (tertiary/aromatic N) is 1. The number of hydrogen-bond acceptors (Lipinski definition) is 3. The number of hydrogen-bond donors (Lipinski definition) is 1. The highest BCUT2D eigenvalue weighted by atomic mass is 16.5. The molecule has 14 heavy (non-hydrogen) atoms. The second kappa shape index (κ2) is 6.38. The Hall–Kier alpha value is -0.120. The van der Waals surface area contributed by atoms with Crippen molar-refractivity contribution < 1.29 is 4.74 Å². The summed E-state index contributed by atoms with van der Waals surface area (Å²) in [5.41, 5.74) is 5.46. The monoisotopic (exact) mass is 200 g/mol. The minimum absolute atomic E-state index is 0.403. The first kappa shape index (κ1) is 12.0. The third-order valence-corrected chi connectivity index (χ3v) is 2.89. The summed E-state index contributed by atoms with van der Waals surface area (Å²) in [5.74, 6) is 0. The summed E-state index contributed by atoms with van der Waals surface area (Å²) in [6.07, 6.45) is 4.10. The summed E-state index contributed by atoms with van der Waals surface area (Å²) in [7, 11) is 0. The Morgan fingerprint density at radius 1 is 1.29 bits per heavy atom. The Bertz CT molecular complexity index is 152. The van der Waals surface area contributed by atoms with Gasteiger partial charge in [-0.3, -0.25) is 4.90 Å². The van der Waals surface area contributed by atoms with Crippen LogP contribution in [-0.4, -0.2) is 43.3 Å². The van der Waals surface area contributed by atoms with E-state index in [2.05, 4.69) is 18.7 Å². The number of morpholine rings is 1. The van der Waals surface area contributed by atoms with Crippen LogP contribution in [-0.2, 0) is 4.74 Å². The lowest BCUT2D eigenvalue weighted by Crippen LogP contribution is -2.47. The van der Waals surface area contributed by atoms with Crippen molar-refractivity contribution in [3.63, 3.8) is 0 Å². The largest absolute Gasteiger partial charge is 0.376 e. The zero-order valence-corrected chi connectivity index (χ0v) is 9.54. The van der Waals surface area contributed by atoms with E-state index >= 15 is 0 Å². The van der Waals surface area contributed by atoms with Crippen LogP contribution in [0.2, 0.25) is 0 Å². The van der Waals surface area contributed by atoms with Gasteiger partial charge in [0.25, 0.3) is 0 Å². The van der Waals surface area contributed by atoms with Gasteiger partial charge in [0.2, 0.25) is 0 Å². The van der Waals surface area contributed by atoms with Crippen molar-refractivity contribution in [1.82, 2.24) is 4.90 Å². The lowest BCUT2D eigenvalue weighted by molar-refractivity contribution is -0.0496. The first-order chi connectivity index (χ1) is 6.74. The van der Waals surface area contributed by atoms with Gasteiger partial charge in [-0.15, -0.1) is 0 Å². The standard InChI is InChI=1S/C11H24N2O/c1-10-9-14-11(2)8-13(10)7-5-3-4-6-12/h10-11H,3-9,12H2,1-2H3. The molecule has 2 unspecified atom stereocenters. The van der Waals surface area contributed by atoms with Gasteiger partial charge in [0.15, 0.2) is 0 Å². The second-order valence-corrected chi connectivity index (χ2v) is 4.34. The molecule has 2 atom stereocenters. The fourth-order valence-electron chi connectivity index (χ4n) is 1.92. The Labute approximate surface area is 87.6 Å². The van der Waals surface area contributed by atoms with Crippen LogP contribution >= 0.6 is 0 Å². The summed E-state index contributed by atoms with van der Waals surface area (Å²) in [4.78, 5) is 2.53. The van der Waals surface area contributed by atoms with Crippen LogP contribution in [0.15, 0.2) is 0 Å². The minimum Gasteiger partial charge on any atom is -0.376 e. The van der Waals surface area contributed by atoms with E-state index in [0.29, 0.717) is 12.1 Å². The molecule has 1 fully saturated rings. The highest BCUT2D eigenvalue weighted by Gasteiger charge is 2.22. The zero-order chi connectivity index (χ0) is 10.4. The molecule has 1 rings (SSSR count). The van der Waals surface area contributed by atoms with Crippen molar-refractivity contribution >= 4 is 0 Å². The summed E-state index contributed by atoms with van der Waals surface area (Å²) < 4.78 is 5.59. The molecule has 0 amide bonds. The Kier molecular flexibility index (Phi) is 5.45. The molecule has 1 aliphatic heterocycles. The molecule has 3 nitrogen and oxygen atoms in total. The van der Waals surface area contributed by atoms with E-state index in [0.717, 1.165) is 26.1 Å². The van der Waals surface area contributed by atoms with Crippen molar-refractivity contribution in [2.45, 2.75) is 45.3 Å². The molecule has 0 radical (unpaired) electrons. The number of ether oxygens (including phenoxy) is 1. The van der Waals surface area contributed by atoms with Crippen molar-refractivity contribution in [3.8, 4) is 0 Å². The zero-order valence-electron chi connectivity index (χ0n) is 9.54. The van der Waals surface area contributed by atoms with Gasteiger partial charge in [-0.1, -0.05) is 6.42 Å². The Morgan fingerprint density at radius 2 is 2.07 bits per heavy atom. The Balaban J connectivity index is 2.14. The fourth-order valence-corrected chi connectivity index (χ4v) is 1.92. The molecule has 0 aromatic rings. The number of unbranched alkanes of at least 4 members (excludes halogenated alkanes) is 2. The van der Waals surface area contributed by atoms with Crippen molar-refractivity contribution in [2.75, 3.05) is 26.2 Å². The van der Waals surface area contributed by atoms with Gasteiger partial charge in [-0.2, -0.15) is 0 Å². The molecular formula is C11H24N2O. The molecule has 0 aromatic heterocycles. The van der Waals surface area contributed by atoms with Gasteiger partial charge in [-0.05, 0) is 39.8 Å². The van der Waals surface area contributed by atoms with Gasteiger partial charge >= 0.3 is 0 Å². The molecule has 2 N–H and O–H groups in total. The van der Waals surface area contributed by atoms with Crippen molar-refractivity contribution in [3.05, 3.63) is 0 Å². The smallest absolute Gasteiger partial charge is 0.0674 e. The maximum absolute atomic E-state index is 5.59. The molecule has 0 bridgehead atoms. The van der Waals surface area contributed by atoms with Crippen LogP contribution in [0.3, 0.4) is 0 Å². The third-order valence-electron chi connectivity index (χ3n) is 2.89. The van der Waals surface area contributed by atoms with E-state index in [1.807, 2.05) is 0 Å². The molecule has 0 spiro atoms. The topological polar surface area (TPSA) is 38.5 Å². The maximum Gasteiger partial charge on any atom is 0.0674 e. The van der Waals surface area contributed by atoms with Crippen LogP contribution in [0.4, 0.5) is 0 Å². The molecule has 1 aliphatic rings. The average molecular weight is 200 g/mol. The molecule has 0 aromatic carbocycles. The number of nitrogens with two attached hydrogens (primary N) is 1. The van der Waals surface area contributed by atoms with E-state index < -0.39 is 0 Å². The van der Waals surface area contributed by atoms with Crippen molar-refractivity contribution in [1.29, 1.82) is 0 Å². The molecule has 3 heteroatoms. The van der Waals surface area contributed by atoms with Gasteiger partial charge in [0.1, 0.15) is 0 Å². The van der Waals surface area contributed by atoms with E-state index in [1.165, 1.54) is 19.4 Å². The highest BCUT2D eigenvalue weighted by molar-refractivity contribution is 4.74. The van der Waals surface area contributed by atoms with Gasteiger partial charge in [0, 0.05) is 12.6 Å². The fraction of sp³-hybridized carbons (Fsp3) is 1.00. The first-order valence-corrected chi connectivity index (χ1v) is 5.79. The molecule has 0 aliphatic carbocycles. The van der Waals surface area contributed by atoms with E-state index in [-0.39, 0.29) is 0 Å². The lowest BCUT2D eigenvalue weighted by atomic mass is 10.1. The normalized spacial score (nSPS) is 29.4. The second-order valence-electron chi connectivity index (χ2n) is 4.34. The predicted octanol–water partition coefficient (Wildman–Crippen LogP) is 1.22. The summed E-state index contributed by atoms with van der Waals surface area (Å²) >= 11 is 0. The third kappa shape index (κ3) is 3.95. The molecule has 1 heterocycles. The molecule has 84 valence electrons. The van der Waals surface area contributed by atoms with Gasteiger partial charge in [0.05, 0.1) is 12.7 Å². The van der Waals surface area contributed by atoms with Crippen LogP contribution < -0.4 is 5.73 Å². The van der Waals surface area contributed by atoms with Crippen LogP contribution in [0.5, 0.6) is 0 Å². The van der Waals surface area contributed by atoms with Gasteiger partial charge in [-0.25, -0.2) is 0 Å². The SMILES string of the molecule is CC1CN(CCCCCN)C(C)CO1. The average Bonchev–Trinajstić information content (AvgIpc) is 2.18. The van der Waals surface area contributed by atoms with E-state index in [4.69, 9.17) is 10.5 Å². The van der Waals surface area contributed by atoms with Gasteiger partial charge < -0.3 is 10.5 Å². The van der Waals surface area contributed by atoms with Crippen molar-refractivity contribution in [2.24, 2.45) is 5.73 Å².